The lowest BCUT2D eigenvalue weighted by Crippen LogP contribution is -2.39. The zero-order valence-electron chi connectivity index (χ0n) is 12.7. The van der Waals surface area contributed by atoms with Crippen molar-refractivity contribution >= 4 is 6.09 Å². The second kappa shape index (κ2) is 6.60. The molecule has 1 aromatic heterocycles. The standard InChI is InChI=1S/C18H20N2O2/c1-13-9-15-7-8-16(10-17(15)19-11-13)20-18(21)22-12-14-5-3-2-4-6-14/h2-6,9,11,16H,7-8,10,12H2,1H3,(H,20,21). The summed E-state index contributed by atoms with van der Waals surface area (Å²) in [6.45, 7) is 2.35. The molecule has 3 rings (SSSR count). The summed E-state index contributed by atoms with van der Waals surface area (Å²) in [5.41, 5.74) is 4.57. The summed E-state index contributed by atoms with van der Waals surface area (Å²) in [4.78, 5) is 16.4. The van der Waals surface area contributed by atoms with Gasteiger partial charge < -0.3 is 10.1 Å². The first-order chi connectivity index (χ1) is 10.7. The van der Waals surface area contributed by atoms with E-state index in [9.17, 15) is 4.79 Å². The average molecular weight is 296 g/mol. The van der Waals surface area contributed by atoms with Gasteiger partial charge in [-0.3, -0.25) is 4.98 Å². The van der Waals surface area contributed by atoms with Gasteiger partial charge in [0.05, 0.1) is 0 Å². The molecule has 1 aliphatic rings. The molecule has 0 fully saturated rings. The molecule has 114 valence electrons. The first kappa shape index (κ1) is 14.6. The van der Waals surface area contributed by atoms with E-state index < -0.39 is 0 Å². The largest absolute Gasteiger partial charge is 0.445 e. The molecule has 0 radical (unpaired) electrons. The molecule has 1 aliphatic carbocycles. The lowest BCUT2D eigenvalue weighted by molar-refractivity contribution is 0.134. The van der Waals surface area contributed by atoms with Gasteiger partial charge in [0.2, 0.25) is 0 Å². The minimum absolute atomic E-state index is 0.103. The zero-order chi connectivity index (χ0) is 15.4. The number of nitrogens with one attached hydrogen (secondary N) is 1. The molecule has 1 N–H and O–H groups in total. The molecule has 2 aromatic rings. The smallest absolute Gasteiger partial charge is 0.407 e. The third-order valence-corrected chi connectivity index (χ3v) is 3.93. The van der Waals surface area contributed by atoms with Gasteiger partial charge in [0.15, 0.2) is 0 Å². The minimum Gasteiger partial charge on any atom is -0.445 e. The van der Waals surface area contributed by atoms with Crippen LogP contribution in [0, 0.1) is 6.92 Å². The van der Waals surface area contributed by atoms with Gasteiger partial charge in [-0.25, -0.2) is 4.79 Å². The van der Waals surface area contributed by atoms with Crippen LogP contribution in [-0.4, -0.2) is 17.1 Å². The maximum absolute atomic E-state index is 11.9. The van der Waals surface area contributed by atoms with Gasteiger partial charge in [-0.1, -0.05) is 36.4 Å². The van der Waals surface area contributed by atoms with Gasteiger partial charge in [0, 0.05) is 24.4 Å². The van der Waals surface area contributed by atoms with Crippen LogP contribution in [0.15, 0.2) is 42.6 Å². The predicted octanol–water partition coefficient (Wildman–Crippen LogP) is 3.17. The monoisotopic (exact) mass is 296 g/mol. The van der Waals surface area contributed by atoms with E-state index in [4.69, 9.17) is 4.74 Å². The Morgan fingerprint density at radius 2 is 2.18 bits per heavy atom. The molecule has 1 unspecified atom stereocenters. The van der Waals surface area contributed by atoms with Gasteiger partial charge in [-0.2, -0.15) is 0 Å². The van der Waals surface area contributed by atoms with Crippen LogP contribution in [0.1, 0.15) is 28.8 Å². The Kier molecular flexibility index (Phi) is 4.37. The molecule has 22 heavy (non-hydrogen) atoms. The molecule has 1 atom stereocenters. The first-order valence-electron chi connectivity index (χ1n) is 7.62. The topological polar surface area (TPSA) is 51.2 Å². The van der Waals surface area contributed by atoms with Crippen molar-refractivity contribution in [2.75, 3.05) is 0 Å². The number of amides is 1. The van der Waals surface area contributed by atoms with Crippen LogP contribution in [0.5, 0.6) is 0 Å². The number of rotatable bonds is 3. The van der Waals surface area contributed by atoms with Crippen molar-refractivity contribution in [2.45, 2.75) is 38.8 Å². The van der Waals surface area contributed by atoms with Crippen molar-refractivity contribution in [3.8, 4) is 0 Å². The van der Waals surface area contributed by atoms with Crippen molar-refractivity contribution in [3.63, 3.8) is 0 Å². The molecule has 0 bridgehead atoms. The summed E-state index contributed by atoms with van der Waals surface area (Å²) >= 11 is 0. The number of carbonyl (C=O) groups excluding carboxylic acids is 1. The molecule has 1 amide bonds. The highest BCUT2D eigenvalue weighted by Gasteiger charge is 2.21. The maximum atomic E-state index is 11.9. The predicted molar refractivity (Wildman–Crippen MR) is 84.5 cm³/mol. The van der Waals surface area contributed by atoms with E-state index in [1.807, 2.05) is 36.5 Å². The summed E-state index contributed by atoms with van der Waals surface area (Å²) in [6, 6.07) is 12.0. The van der Waals surface area contributed by atoms with Gasteiger partial charge in [-0.15, -0.1) is 0 Å². The SMILES string of the molecule is Cc1cnc2c(c1)CCC(NC(=O)OCc1ccccc1)C2. The van der Waals surface area contributed by atoms with E-state index >= 15 is 0 Å². The van der Waals surface area contributed by atoms with Crippen LogP contribution >= 0.6 is 0 Å². The van der Waals surface area contributed by atoms with E-state index in [1.165, 1.54) is 11.1 Å². The second-order valence-electron chi connectivity index (χ2n) is 5.76. The first-order valence-corrected chi connectivity index (χ1v) is 7.62. The van der Waals surface area contributed by atoms with Gasteiger partial charge in [0.25, 0.3) is 0 Å². The normalized spacial score (nSPS) is 16.7. The van der Waals surface area contributed by atoms with Crippen LogP contribution < -0.4 is 5.32 Å². The van der Waals surface area contributed by atoms with Crippen LogP contribution in [0.3, 0.4) is 0 Å². The number of carbonyl (C=O) groups is 1. The fourth-order valence-electron chi connectivity index (χ4n) is 2.78. The Morgan fingerprint density at radius 3 is 3.00 bits per heavy atom. The van der Waals surface area contributed by atoms with Crippen molar-refractivity contribution < 1.29 is 9.53 Å². The van der Waals surface area contributed by atoms with Gasteiger partial charge in [-0.05, 0) is 36.5 Å². The Hall–Kier alpha value is -2.36. The highest BCUT2D eigenvalue weighted by atomic mass is 16.5. The van der Waals surface area contributed by atoms with Crippen LogP contribution in [0.4, 0.5) is 4.79 Å². The van der Waals surface area contributed by atoms with E-state index in [2.05, 4.69) is 23.3 Å². The lowest BCUT2D eigenvalue weighted by atomic mass is 9.91. The van der Waals surface area contributed by atoms with Crippen LogP contribution in [0.25, 0.3) is 0 Å². The number of ether oxygens (including phenoxy) is 1. The Labute approximate surface area is 130 Å². The van der Waals surface area contributed by atoms with Crippen LogP contribution in [-0.2, 0) is 24.2 Å². The van der Waals surface area contributed by atoms with Gasteiger partial charge >= 0.3 is 6.09 Å². The summed E-state index contributed by atoms with van der Waals surface area (Å²) < 4.78 is 5.27. The number of nitrogens with zero attached hydrogens (tertiary/aromatic N) is 1. The molecule has 1 heterocycles. The van der Waals surface area contributed by atoms with E-state index in [0.717, 1.165) is 30.5 Å². The van der Waals surface area contributed by atoms with E-state index in [0.29, 0.717) is 6.61 Å². The Balaban J connectivity index is 1.51. The lowest BCUT2D eigenvalue weighted by Gasteiger charge is -2.24. The number of alkyl carbamates (subject to hydrolysis) is 1. The van der Waals surface area contributed by atoms with Gasteiger partial charge in [0.1, 0.15) is 6.61 Å². The van der Waals surface area contributed by atoms with Crippen molar-refractivity contribution in [2.24, 2.45) is 0 Å². The number of aryl methyl sites for hydroxylation is 2. The van der Waals surface area contributed by atoms with Crippen LogP contribution in [0.2, 0.25) is 0 Å². The fourth-order valence-corrected chi connectivity index (χ4v) is 2.78. The quantitative estimate of drug-likeness (QED) is 0.946. The van der Waals surface area contributed by atoms with Crippen molar-refractivity contribution in [3.05, 3.63) is 65.0 Å². The van der Waals surface area contributed by atoms with E-state index in [-0.39, 0.29) is 12.1 Å². The van der Waals surface area contributed by atoms with Crippen molar-refractivity contribution in [1.29, 1.82) is 0 Å². The van der Waals surface area contributed by atoms with E-state index in [1.54, 1.807) is 0 Å². The van der Waals surface area contributed by atoms with Crippen molar-refractivity contribution in [1.82, 2.24) is 10.3 Å². The molecule has 4 heteroatoms. The molecule has 0 spiro atoms. The summed E-state index contributed by atoms with van der Waals surface area (Å²) in [7, 11) is 0. The average Bonchev–Trinajstić information content (AvgIpc) is 2.54. The number of pyridine rings is 1. The third-order valence-electron chi connectivity index (χ3n) is 3.93. The Morgan fingerprint density at radius 1 is 1.36 bits per heavy atom. The molecular weight excluding hydrogens is 276 g/mol. The Bertz CT molecular complexity index is 655. The molecule has 4 nitrogen and oxygen atoms in total. The summed E-state index contributed by atoms with van der Waals surface area (Å²) in [6.07, 6.45) is 4.18. The molecule has 0 saturated heterocycles. The number of hydrogen-bond donors (Lipinski definition) is 1. The maximum Gasteiger partial charge on any atom is 0.407 e. The fraction of sp³-hybridized carbons (Fsp3) is 0.333. The second-order valence-corrected chi connectivity index (χ2v) is 5.76. The zero-order valence-corrected chi connectivity index (χ0v) is 12.7. The minimum atomic E-state index is -0.357. The number of benzene rings is 1. The number of hydrogen-bond acceptors (Lipinski definition) is 3. The number of aromatic nitrogens is 1. The highest BCUT2D eigenvalue weighted by molar-refractivity contribution is 5.67. The summed E-state index contributed by atoms with van der Waals surface area (Å²) in [5, 5.41) is 2.94. The number of fused-ring (bicyclic) bond motifs is 1. The highest BCUT2D eigenvalue weighted by Crippen LogP contribution is 2.20. The molecule has 0 aliphatic heterocycles. The summed E-state index contributed by atoms with van der Waals surface area (Å²) in [5.74, 6) is 0. The third kappa shape index (κ3) is 3.64. The molecular formula is C18H20N2O2. The molecule has 1 aromatic carbocycles. The molecule has 0 saturated carbocycles.